The fraction of sp³-hybridized carbons (Fsp3) is 0.250. The molecule has 0 saturated carbocycles. The van der Waals surface area contributed by atoms with Crippen molar-refractivity contribution in [3.05, 3.63) is 71.1 Å². The van der Waals surface area contributed by atoms with Crippen molar-refractivity contribution < 1.29 is 13.2 Å². The third kappa shape index (κ3) is 4.37. The molecule has 0 fully saturated rings. The maximum atomic E-state index is 13.0. The van der Waals surface area contributed by atoms with Crippen LogP contribution in [0.3, 0.4) is 0 Å². The van der Waals surface area contributed by atoms with Crippen LogP contribution < -0.4 is 4.90 Å². The zero-order valence-corrected chi connectivity index (χ0v) is 16.4. The third-order valence-electron chi connectivity index (χ3n) is 4.23. The Morgan fingerprint density at radius 2 is 1.88 bits per heavy atom. The Hall–Kier alpha value is -2.05. The first kappa shape index (κ1) is 18.7. The molecule has 26 heavy (non-hydrogen) atoms. The zero-order chi connectivity index (χ0) is 18.7. The number of benzene rings is 2. The Morgan fingerprint density at radius 1 is 1.15 bits per heavy atom. The van der Waals surface area contributed by atoms with Gasteiger partial charge in [-0.2, -0.15) is 0 Å². The fourth-order valence-electron chi connectivity index (χ4n) is 3.00. The van der Waals surface area contributed by atoms with E-state index in [1.807, 2.05) is 56.3 Å². The van der Waals surface area contributed by atoms with E-state index in [2.05, 4.69) is 6.07 Å². The maximum Gasteiger partial charge on any atom is 0.237 e. The summed E-state index contributed by atoms with van der Waals surface area (Å²) in [7, 11) is -3.24. The molecular formula is C20H21NO3S2. The summed E-state index contributed by atoms with van der Waals surface area (Å²) in [4.78, 5) is 15.6. The Morgan fingerprint density at radius 3 is 2.50 bits per heavy atom. The van der Waals surface area contributed by atoms with Gasteiger partial charge in [-0.15, -0.1) is 11.8 Å². The number of rotatable bonds is 5. The van der Waals surface area contributed by atoms with E-state index < -0.39 is 15.9 Å². The Kier molecular flexibility index (Phi) is 5.53. The Bertz CT molecular complexity index is 937. The molecule has 0 radical (unpaired) electrons. The van der Waals surface area contributed by atoms with Crippen LogP contribution in [-0.2, 0) is 14.6 Å². The molecule has 1 atom stereocenters. The quantitative estimate of drug-likeness (QED) is 0.734. The number of para-hydroxylation sites is 1. The van der Waals surface area contributed by atoms with Crippen LogP contribution in [0.5, 0.6) is 0 Å². The van der Waals surface area contributed by atoms with Gasteiger partial charge in [0.25, 0.3) is 0 Å². The summed E-state index contributed by atoms with van der Waals surface area (Å²) in [5.41, 5.74) is 3.04. The molecule has 1 aliphatic heterocycles. The number of carbonyl (C=O) groups is 1. The van der Waals surface area contributed by atoms with E-state index in [-0.39, 0.29) is 17.4 Å². The average molecular weight is 388 g/mol. The molecule has 1 heterocycles. The minimum atomic E-state index is -3.24. The maximum absolute atomic E-state index is 13.0. The first-order valence-electron chi connectivity index (χ1n) is 8.34. The van der Waals surface area contributed by atoms with Gasteiger partial charge in [0, 0.05) is 16.0 Å². The summed E-state index contributed by atoms with van der Waals surface area (Å²) in [6.07, 6.45) is 1.60. The van der Waals surface area contributed by atoms with Crippen LogP contribution in [0.15, 0.2) is 64.9 Å². The molecule has 4 nitrogen and oxygen atoms in total. The van der Waals surface area contributed by atoms with Crippen molar-refractivity contribution in [2.24, 2.45) is 0 Å². The smallest absolute Gasteiger partial charge is 0.237 e. The van der Waals surface area contributed by atoms with E-state index in [9.17, 15) is 13.2 Å². The molecule has 0 unspecified atom stereocenters. The van der Waals surface area contributed by atoms with Crippen molar-refractivity contribution in [1.29, 1.82) is 0 Å². The van der Waals surface area contributed by atoms with E-state index in [4.69, 9.17) is 0 Å². The molecule has 0 spiro atoms. The van der Waals surface area contributed by atoms with Crippen LogP contribution >= 0.6 is 11.8 Å². The van der Waals surface area contributed by atoms with Crippen LogP contribution in [0.1, 0.15) is 11.1 Å². The second-order valence-electron chi connectivity index (χ2n) is 6.38. The lowest BCUT2D eigenvalue weighted by molar-refractivity contribution is -0.116. The average Bonchev–Trinajstić information content (AvgIpc) is 2.95. The third-order valence-corrected chi connectivity index (χ3v) is 6.77. The number of hydrogen-bond donors (Lipinski definition) is 0. The molecule has 0 aromatic heterocycles. The Balaban J connectivity index is 1.80. The zero-order valence-electron chi connectivity index (χ0n) is 14.8. The standard InChI is InChI=1S/C20H21NO3S2/c1-15-8-9-19(16(2)12-15)25-13-20(22)21(17-6-4-3-5-7-17)18-10-11-26(23,24)14-18/h3-12,18H,13-14H2,1-2H3/t18-/m0/s1. The van der Waals surface area contributed by atoms with Gasteiger partial charge in [-0.25, -0.2) is 8.42 Å². The summed E-state index contributed by atoms with van der Waals surface area (Å²) in [6.45, 7) is 4.07. The van der Waals surface area contributed by atoms with Crippen molar-refractivity contribution in [1.82, 2.24) is 0 Å². The van der Waals surface area contributed by atoms with Gasteiger partial charge in [-0.1, -0.05) is 35.9 Å². The molecule has 1 amide bonds. The lowest BCUT2D eigenvalue weighted by atomic mass is 10.2. The highest BCUT2D eigenvalue weighted by atomic mass is 32.2. The van der Waals surface area contributed by atoms with Gasteiger partial charge >= 0.3 is 0 Å². The van der Waals surface area contributed by atoms with E-state index >= 15 is 0 Å². The molecule has 2 aromatic rings. The van der Waals surface area contributed by atoms with Gasteiger partial charge in [0.15, 0.2) is 9.84 Å². The molecule has 0 bridgehead atoms. The van der Waals surface area contributed by atoms with Crippen LogP contribution in [-0.4, -0.2) is 31.9 Å². The number of anilines is 1. The largest absolute Gasteiger partial charge is 0.304 e. The summed E-state index contributed by atoms with van der Waals surface area (Å²) in [6, 6.07) is 14.9. The molecule has 6 heteroatoms. The number of carbonyl (C=O) groups excluding carboxylic acids is 1. The summed E-state index contributed by atoms with van der Waals surface area (Å²) in [5, 5.41) is 1.21. The second kappa shape index (κ2) is 7.68. The molecular weight excluding hydrogens is 366 g/mol. The normalized spacial score (nSPS) is 18.0. The van der Waals surface area contributed by atoms with Crippen LogP contribution in [0.25, 0.3) is 0 Å². The minimum Gasteiger partial charge on any atom is -0.304 e. The van der Waals surface area contributed by atoms with Crippen molar-refractivity contribution in [2.75, 3.05) is 16.4 Å². The predicted octanol–water partition coefficient (Wildman–Crippen LogP) is 3.74. The van der Waals surface area contributed by atoms with Gasteiger partial charge in [0.05, 0.1) is 17.5 Å². The number of aryl methyl sites for hydroxylation is 2. The first-order chi connectivity index (χ1) is 12.4. The number of amides is 1. The predicted molar refractivity (Wildman–Crippen MR) is 107 cm³/mol. The SMILES string of the molecule is Cc1ccc(SCC(=O)N(c2ccccc2)[C@H]2C=CS(=O)(=O)C2)c(C)c1. The number of nitrogens with zero attached hydrogens (tertiary/aromatic N) is 1. The Labute approximate surface area is 158 Å². The van der Waals surface area contributed by atoms with E-state index in [0.717, 1.165) is 10.5 Å². The first-order valence-corrected chi connectivity index (χ1v) is 11.0. The van der Waals surface area contributed by atoms with E-state index in [1.165, 1.54) is 22.7 Å². The molecule has 2 aromatic carbocycles. The number of thioether (sulfide) groups is 1. The van der Waals surface area contributed by atoms with Gasteiger partial charge in [0.2, 0.25) is 5.91 Å². The highest BCUT2D eigenvalue weighted by Crippen LogP contribution is 2.27. The monoisotopic (exact) mass is 387 g/mol. The topological polar surface area (TPSA) is 54.5 Å². The summed E-state index contributed by atoms with van der Waals surface area (Å²) < 4.78 is 23.7. The lowest BCUT2D eigenvalue weighted by Gasteiger charge is -2.27. The van der Waals surface area contributed by atoms with Crippen LogP contribution in [0, 0.1) is 13.8 Å². The van der Waals surface area contributed by atoms with E-state index in [1.54, 1.807) is 11.0 Å². The van der Waals surface area contributed by atoms with Crippen molar-refractivity contribution in [3.63, 3.8) is 0 Å². The molecule has 3 rings (SSSR count). The summed E-state index contributed by atoms with van der Waals surface area (Å²) >= 11 is 1.48. The highest BCUT2D eigenvalue weighted by Gasteiger charge is 2.31. The van der Waals surface area contributed by atoms with Crippen molar-refractivity contribution >= 4 is 33.2 Å². The summed E-state index contributed by atoms with van der Waals surface area (Å²) in [5.74, 6) is 0.0818. The number of sulfone groups is 1. The molecule has 136 valence electrons. The van der Waals surface area contributed by atoms with Gasteiger partial charge in [0.1, 0.15) is 0 Å². The fourth-order valence-corrected chi connectivity index (χ4v) is 5.14. The second-order valence-corrected chi connectivity index (χ2v) is 9.33. The van der Waals surface area contributed by atoms with Crippen molar-refractivity contribution in [3.8, 4) is 0 Å². The highest BCUT2D eigenvalue weighted by molar-refractivity contribution is 8.00. The molecule has 0 N–H and O–H groups in total. The van der Waals surface area contributed by atoms with Gasteiger partial charge < -0.3 is 4.90 Å². The molecule has 1 aliphatic rings. The number of hydrogen-bond acceptors (Lipinski definition) is 4. The lowest BCUT2D eigenvalue weighted by Crippen LogP contribution is -2.42. The van der Waals surface area contributed by atoms with Crippen LogP contribution in [0.4, 0.5) is 5.69 Å². The van der Waals surface area contributed by atoms with Crippen molar-refractivity contribution in [2.45, 2.75) is 24.8 Å². The van der Waals surface area contributed by atoms with Gasteiger partial charge in [-0.05, 0) is 43.7 Å². The van der Waals surface area contributed by atoms with E-state index in [0.29, 0.717) is 5.69 Å². The van der Waals surface area contributed by atoms with Gasteiger partial charge in [-0.3, -0.25) is 4.79 Å². The molecule has 0 saturated heterocycles. The minimum absolute atomic E-state index is 0.0676. The van der Waals surface area contributed by atoms with Crippen LogP contribution in [0.2, 0.25) is 0 Å². The molecule has 0 aliphatic carbocycles.